The van der Waals surface area contributed by atoms with Gasteiger partial charge in [-0.15, -0.1) is 0 Å². The first-order chi connectivity index (χ1) is 12.5. The Labute approximate surface area is 150 Å². The minimum Gasteiger partial charge on any atom is -0.482 e. The molecule has 0 bridgehead atoms. The molecular formula is C20H17NO5. The number of rotatable bonds is 5. The minimum atomic E-state index is -0.602. The standard InChI is InChI=1S/C20H17NO5/c1-13-3-2-4-14(9-13)5-8-20(24)26-11-17(22)15-6-7-18-16(10-15)21-19(23)12-25-18/h2-10H,11-12H2,1H3,(H,21,23)/b8-5+. The quantitative estimate of drug-likeness (QED) is 0.509. The zero-order valence-corrected chi connectivity index (χ0v) is 14.2. The number of Topliss-reactive ketones (excluding diaryl/α,β-unsaturated/α-hetero) is 1. The molecule has 1 amide bonds. The summed E-state index contributed by atoms with van der Waals surface area (Å²) >= 11 is 0. The summed E-state index contributed by atoms with van der Waals surface area (Å²) in [7, 11) is 0. The molecule has 0 aliphatic carbocycles. The molecule has 1 aliphatic rings. The molecule has 1 aliphatic heterocycles. The molecule has 0 saturated carbocycles. The number of ketones is 1. The summed E-state index contributed by atoms with van der Waals surface area (Å²) in [5.74, 6) is -0.756. The number of fused-ring (bicyclic) bond motifs is 1. The number of carbonyl (C=O) groups excluding carboxylic acids is 3. The van der Waals surface area contributed by atoms with E-state index < -0.39 is 5.97 Å². The number of benzene rings is 2. The highest BCUT2D eigenvalue weighted by Crippen LogP contribution is 2.28. The van der Waals surface area contributed by atoms with Crippen molar-refractivity contribution in [3.63, 3.8) is 0 Å². The van der Waals surface area contributed by atoms with Crippen LogP contribution in [0.15, 0.2) is 48.5 Å². The van der Waals surface area contributed by atoms with E-state index in [-0.39, 0.29) is 24.9 Å². The summed E-state index contributed by atoms with van der Waals surface area (Å²) in [5, 5.41) is 2.63. The van der Waals surface area contributed by atoms with E-state index in [9.17, 15) is 14.4 Å². The maximum Gasteiger partial charge on any atom is 0.331 e. The number of aryl methyl sites for hydroxylation is 1. The summed E-state index contributed by atoms with van der Waals surface area (Å²) in [6.45, 7) is 1.52. The second kappa shape index (κ2) is 7.65. The summed E-state index contributed by atoms with van der Waals surface area (Å²) in [4.78, 5) is 35.3. The van der Waals surface area contributed by atoms with E-state index in [0.717, 1.165) is 11.1 Å². The van der Waals surface area contributed by atoms with E-state index in [1.807, 2.05) is 31.2 Å². The second-order valence-electron chi connectivity index (χ2n) is 5.83. The number of carbonyl (C=O) groups is 3. The molecule has 3 rings (SSSR count). The van der Waals surface area contributed by atoms with E-state index >= 15 is 0 Å². The Hall–Kier alpha value is -3.41. The Morgan fingerprint density at radius 2 is 2.08 bits per heavy atom. The number of esters is 1. The molecule has 6 nitrogen and oxygen atoms in total. The molecular weight excluding hydrogens is 334 g/mol. The molecule has 0 fully saturated rings. The summed E-state index contributed by atoms with van der Waals surface area (Å²) in [6, 6.07) is 12.3. The van der Waals surface area contributed by atoms with Crippen LogP contribution in [0.25, 0.3) is 6.08 Å². The normalized spacial score (nSPS) is 12.9. The fourth-order valence-electron chi connectivity index (χ4n) is 2.46. The fourth-order valence-corrected chi connectivity index (χ4v) is 2.46. The molecule has 26 heavy (non-hydrogen) atoms. The predicted octanol–water partition coefficient (Wildman–Crippen LogP) is 2.77. The Kier molecular flexibility index (Phi) is 5.12. The summed E-state index contributed by atoms with van der Waals surface area (Å²) in [6.07, 6.45) is 2.91. The average molecular weight is 351 g/mol. The highest BCUT2D eigenvalue weighted by Gasteiger charge is 2.18. The van der Waals surface area contributed by atoms with Crippen LogP contribution in [0.3, 0.4) is 0 Å². The third-order valence-corrected chi connectivity index (χ3v) is 3.73. The van der Waals surface area contributed by atoms with Crippen LogP contribution in [-0.4, -0.2) is 30.9 Å². The van der Waals surface area contributed by atoms with Crippen LogP contribution in [0.2, 0.25) is 0 Å². The van der Waals surface area contributed by atoms with Crippen molar-refractivity contribution in [2.45, 2.75) is 6.92 Å². The molecule has 0 atom stereocenters. The molecule has 0 radical (unpaired) electrons. The van der Waals surface area contributed by atoms with Crippen LogP contribution >= 0.6 is 0 Å². The van der Waals surface area contributed by atoms with Crippen LogP contribution in [0.1, 0.15) is 21.5 Å². The lowest BCUT2D eigenvalue weighted by Crippen LogP contribution is -2.25. The van der Waals surface area contributed by atoms with Gasteiger partial charge in [0.2, 0.25) is 0 Å². The van der Waals surface area contributed by atoms with E-state index in [2.05, 4.69) is 5.32 Å². The lowest BCUT2D eigenvalue weighted by Gasteiger charge is -2.18. The third kappa shape index (κ3) is 4.36. The van der Waals surface area contributed by atoms with Crippen molar-refractivity contribution in [2.75, 3.05) is 18.5 Å². The van der Waals surface area contributed by atoms with Gasteiger partial charge < -0.3 is 14.8 Å². The predicted molar refractivity (Wildman–Crippen MR) is 96.1 cm³/mol. The lowest BCUT2D eigenvalue weighted by atomic mass is 10.1. The number of hydrogen-bond donors (Lipinski definition) is 1. The van der Waals surface area contributed by atoms with Crippen LogP contribution in [0.5, 0.6) is 5.75 Å². The van der Waals surface area contributed by atoms with E-state index in [0.29, 0.717) is 17.0 Å². The first-order valence-corrected chi connectivity index (χ1v) is 8.03. The SMILES string of the molecule is Cc1cccc(/C=C/C(=O)OCC(=O)c2ccc3c(c2)NC(=O)CO3)c1. The maximum absolute atomic E-state index is 12.2. The molecule has 132 valence electrons. The highest BCUT2D eigenvalue weighted by molar-refractivity contribution is 6.02. The zero-order chi connectivity index (χ0) is 18.5. The van der Waals surface area contributed by atoms with Gasteiger partial charge in [0.05, 0.1) is 5.69 Å². The average Bonchev–Trinajstić information content (AvgIpc) is 2.63. The molecule has 2 aromatic carbocycles. The lowest BCUT2D eigenvalue weighted by molar-refractivity contribution is -0.136. The van der Waals surface area contributed by atoms with Crippen molar-refractivity contribution >= 4 is 29.4 Å². The molecule has 0 spiro atoms. The highest BCUT2D eigenvalue weighted by atomic mass is 16.5. The van der Waals surface area contributed by atoms with Crippen LogP contribution in [0, 0.1) is 6.92 Å². The third-order valence-electron chi connectivity index (χ3n) is 3.73. The van der Waals surface area contributed by atoms with Crippen molar-refractivity contribution in [1.82, 2.24) is 0 Å². The zero-order valence-electron chi connectivity index (χ0n) is 14.2. The number of ether oxygens (including phenoxy) is 2. The minimum absolute atomic E-state index is 0.0504. The second-order valence-corrected chi connectivity index (χ2v) is 5.83. The van der Waals surface area contributed by atoms with Gasteiger partial charge in [-0.2, -0.15) is 0 Å². The van der Waals surface area contributed by atoms with E-state index in [1.54, 1.807) is 18.2 Å². The van der Waals surface area contributed by atoms with Gasteiger partial charge in [0.1, 0.15) is 5.75 Å². The van der Waals surface area contributed by atoms with Crippen molar-refractivity contribution < 1.29 is 23.9 Å². The molecule has 1 N–H and O–H groups in total. The van der Waals surface area contributed by atoms with Gasteiger partial charge in [-0.3, -0.25) is 9.59 Å². The largest absolute Gasteiger partial charge is 0.482 e. The Balaban J connectivity index is 1.57. The first-order valence-electron chi connectivity index (χ1n) is 8.03. The van der Waals surface area contributed by atoms with Crippen LogP contribution in [0.4, 0.5) is 5.69 Å². The van der Waals surface area contributed by atoms with Gasteiger partial charge in [0, 0.05) is 11.6 Å². The van der Waals surface area contributed by atoms with E-state index in [1.165, 1.54) is 12.1 Å². The van der Waals surface area contributed by atoms with Gasteiger partial charge in [-0.1, -0.05) is 29.8 Å². The maximum atomic E-state index is 12.2. The smallest absolute Gasteiger partial charge is 0.331 e. The van der Waals surface area contributed by atoms with Gasteiger partial charge in [-0.25, -0.2) is 4.79 Å². The van der Waals surface area contributed by atoms with Gasteiger partial charge in [-0.05, 0) is 36.8 Å². The monoisotopic (exact) mass is 351 g/mol. The molecule has 1 heterocycles. The molecule has 0 saturated heterocycles. The van der Waals surface area contributed by atoms with Gasteiger partial charge in [0.25, 0.3) is 5.91 Å². The van der Waals surface area contributed by atoms with Gasteiger partial charge in [0.15, 0.2) is 19.0 Å². The van der Waals surface area contributed by atoms with Crippen molar-refractivity contribution in [2.24, 2.45) is 0 Å². The molecule has 6 heteroatoms. The van der Waals surface area contributed by atoms with Crippen LogP contribution in [-0.2, 0) is 14.3 Å². The Morgan fingerprint density at radius 1 is 1.23 bits per heavy atom. The number of nitrogens with one attached hydrogen (secondary N) is 1. The topological polar surface area (TPSA) is 81.7 Å². The summed E-state index contributed by atoms with van der Waals surface area (Å²) < 4.78 is 10.2. The number of amides is 1. The Morgan fingerprint density at radius 3 is 2.88 bits per heavy atom. The van der Waals surface area contributed by atoms with Gasteiger partial charge >= 0.3 is 5.97 Å². The van der Waals surface area contributed by atoms with Crippen molar-refractivity contribution in [3.05, 3.63) is 65.2 Å². The van der Waals surface area contributed by atoms with E-state index in [4.69, 9.17) is 9.47 Å². The Bertz CT molecular complexity index is 901. The molecule has 0 aromatic heterocycles. The van der Waals surface area contributed by atoms with Crippen LogP contribution < -0.4 is 10.1 Å². The number of anilines is 1. The first kappa shape index (κ1) is 17.4. The number of hydrogen-bond acceptors (Lipinski definition) is 5. The summed E-state index contributed by atoms with van der Waals surface area (Å²) in [5.41, 5.74) is 2.71. The van der Waals surface area contributed by atoms with Crippen molar-refractivity contribution in [1.29, 1.82) is 0 Å². The fraction of sp³-hybridized carbons (Fsp3) is 0.150. The molecule has 0 unspecified atom stereocenters. The molecule has 2 aromatic rings. The van der Waals surface area contributed by atoms with Crippen molar-refractivity contribution in [3.8, 4) is 5.75 Å².